The molecule has 0 radical (unpaired) electrons. The zero-order valence-corrected chi connectivity index (χ0v) is 11.8. The first-order valence-electron chi connectivity index (χ1n) is 6.09. The highest BCUT2D eigenvalue weighted by Gasteiger charge is 2.01. The van der Waals surface area contributed by atoms with E-state index in [-0.39, 0.29) is 0 Å². The Morgan fingerprint density at radius 1 is 1.47 bits per heavy atom. The Kier molecular flexibility index (Phi) is 7.35. The molecule has 0 atom stereocenters. The minimum absolute atomic E-state index is 0.635. The van der Waals surface area contributed by atoms with Gasteiger partial charge in [-0.3, -0.25) is 0 Å². The van der Waals surface area contributed by atoms with E-state index in [1.807, 2.05) is 0 Å². The zero-order chi connectivity index (χ0) is 12.5. The number of hydrogen-bond donors (Lipinski definition) is 1. The summed E-state index contributed by atoms with van der Waals surface area (Å²) in [6, 6.07) is 0. The van der Waals surface area contributed by atoms with Crippen molar-refractivity contribution in [1.82, 2.24) is 15.2 Å². The number of rotatable bonds is 9. The Bertz CT molecular complexity index is 302. The highest BCUT2D eigenvalue weighted by atomic mass is 32.1. The van der Waals surface area contributed by atoms with E-state index in [1.54, 1.807) is 11.3 Å². The largest absolute Gasteiger partial charge is 0.375 e. The standard InChI is InChI=1S/C12H23N3OS/c1-4-13-8-12-14-11(10-17-12)9-16-7-5-6-15(2)3/h10,13H,4-9H2,1-3H3. The molecule has 1 rings (SSSR count). The van der Waals surface area contributed by atoms with Crippen molar-refractivity contribution in [3.05, 3.63) is 16.1 Å². The molecule has 0 fully saturated rings. The summed E-state index contributed by atoms with van der Waals surface area (Å²) in [7, 11) is 4.15. The van der Waals surface area contributed by atoms with Crippen molar-refractivity contribution in [1.29, 1.82) is 0 Å². The Balaban J connectivity index is 2.12. The van der Waals surface area contributed by atoms with Crippen LogP contribution < -0.4 is 5.32 Å². The van der Waals surface area contributed by atoms with Crippen LogP contribution in [0.5, 0.6) is 0 Å². The van der Waals surface area contributed by atoms with Crippen molar-refractivity contribution < 1.29 is 4.74 Å². The van der Waals surface area contributed by atoms with Gasteiger partial charge < -0.3 is 15.0 Å². The molecule has 1 aromatic heterocycles. The predicted molar refractivity (Wildman–Crippen MR) is 72.3 cm³/mol. The van der Waals surface area contributed by atoms with Crippen LogP contribution in [-0.4, -0.2) is 43.7 Å². The maximum atomic E-state index is 5.58. The molecule has 0 aromatic carbocycles. The summed E-state index contributed by atoms with van der Waals surface area (Å²) >= 11 is 1.70. The number of nitrogens with one attached hydrogen (secondary N) is 1. The van der Waals surface area contributed by atoms with Crippen LogP contribution in [0.15, 0.2) is 5.38 Å². The summed E-state index contributed by atoms with van der Waals surface area (Å²) in [5.41, 5.74) is 1.05. The van der Waals surface area contributed by atoms with Crippen molar-refractivity contribution in [2.45, 2.75) is 26.5 Å². The fraction of sp³-hybridized carbons (Fsp3) is 0.750. The quantitative estimate of drug-likeness (QED) is 0.684. The molecule has 0 aliphatic heterocycles. The number of aromatic nitrogens is 1. The van der Waals surface area contributed by atoms with E-state index in [4.69, 9.17) is 4.74 Å². The smallest absolute Gasteiger partial charge is 0.107 e. The fourth-order valence-corrected chi connectivity index (χ4v) is 2.14. The lowest BCUT2D eigenvalue weighted by Gasteiger charge is -2.08. The SMILES string of the molecule is CCNCc1nc(COCCCN(C)C)cs1. The van der Waals surface area contributed by atoms with Gasteiger partial charge in [0.2, 0.25) is 0 Å². The summed E-state index contributed by atoms with van der Waals surface area (Å²) < 4.78 is 5.58. The van der Waals surface area contributed by atoms with Crippen LogP contribution in [0.2, 0.25) is 0 Å². The Labute approximate surface area is 108 Å². The fourth-order valence-electron chi connectivity index (χ4n) is 1.39. The number of nitrogens with zero attached hydrogens (tertiary/aromatic N) is 2. The number of hydrogen-bond acceptors (Lipinski definition) is 5. The minimum Gasteiger partial charge on any atom is -0.375 e. The third kappa shape index (κ3) is 6.73. The summed E-state index contributed by atoms with van der Waals surface area (Å²) in [4.78, 5) is 6.67. The number of ether oxygens (including phenoxy) is 1. The highest BCUT2D eigenvalue weighted by molar-refractivity contribution is 7.09. The third-order valence-corrected chi connectivity index (χ3v) is 3.17. The van der Waals surface area contributed by atoms with Crippen molar-refractivity contribution >= 4 is 11.3 Å². The van der Waals surface area contributed by atoms with Gasteiger partial charge in [-0.15, -0.1) is 11.3 Å². The monoisotopic (exact) mass is 257 g/mol. The predicted octanol–water partition coefficient (Wildman–Crippen LogP) is 1.72. The van der Waals surface area contributed by atoms with Gasteiger partial charge in [-0.1, -0.05) is 6.92 Å². The second-order valence-corrected chi connectivity index (χ2v) is 5.16. The molecule has 0 bridgehead atoms. The Morgan fingerprint density at radius 3 is 3.00 bits per heavy atom. The molecule has 4 nitrogen and oxygen atoms in total. The van der Waals surface area contributed by atoms with Crippen LogP contribution in [0.25, 0.3) is 0 Å². The molecule has 1 heterocycles. The molecule has 0 spiro atoms. The summed E-state index contributed by atoms with van der Waals surface area (Å²) in [5, 5.41) is 6.49. The molecule has 1 aromatic rings. The van der Waals surface area contributed by atoms with E-state index in [9.17, 15) is 0 Å². The molecule has 98 valence electrons. The van der Waals surface area contributed by atoms with E-state index >= 15 is 0 Å². The maximum absolute atomic E-state index is 5.58. The molecule has 0 aliphatic carbocycles. The Morgan fingerprint density at radius 2 is 2.29 bits per heavy atom. The lowest BCUT2D eigenvalue weighted by atomic mass is 10.4. The van der Waals surface area contributed by atoms with Crippen LogP contribution in [-0.2, 0) is 17.9 Å². The van der Waals surface area contributed by atoms with Gasteiger partial charge in [-0.05, 0) is 33.6 Å². The lowest BCUT2D eigenvalue weighted by Crippen LogP contribution is -2.14. The molecule has 5 heteroatoms. The van der Waals surface area contributed by atoms with Crippen LogP contribution in [0.4, 0.5) is 0 Å². The van der Waals surface area contributed by atoms with E-state index in [0.29, 0.717) is 6.61 Å². The van der Waals surface area contributed by atoms with Gasteiger partial charge in [-0.2, -0.15) is 0 Å². The van der Waals surface area contributed by atoms with Gasteiger partial charge in [0.05, 0.1) is 12.3 Å². The summed E-state index contributed by atoms with van der Waals surface area (Å²) in [6.07, 6.45) is 1.07. The van der Waals surface area contributed by atoms with Crippen molar-refractivity contribution in [3.8, 4) is 0 Å². The van der Waals surface area contributed by atoms with E-state index < -0.39 is 0 Å². The molecule has 0 saturated heterocycles. The first-order chi connectivity index (χ1) is 8.22. The minimum atomic E-state index is 0.635. The van der Waals surface area contributed by atoms with Crippen molar-refractivity contribution in [2.24, 2.45) is 0 Å². The number of thiazole rings is 1. The summed E-state index contributed by atoms with van der Waals surface area (Å²) in [5.74, 6) is 0. The molecular formula is C12H23N3OS. The molecule has 17 heavy (non-hydrogen) atoms. The zero-order valence-electron chi connectivity index (χ0n) is 11.0. The summed E-state index contributed by atoms with van der Waals surface area (Å²) in [6.45, 7) is 6.46. The average Bonchev–Trinajstić information content (AvgIpc) is 2.73. The average molecular weight is 257 g/mol. The van der Waals surface area contributed by atoms with Gasteiger partial charge in [0.1, 0.15) is 5.01 Å². The van der Waals surface area contributed by atoms with Crippen LogP contribution >= 0.6 is 11.3 Å². The molecule has 0 saturated carbocycles. The van der Waals surface area contributed by atoms with E-state index in [2.05, 4.69) is 41.6 Å². The van der Waals surface area contributed by atoms with Gasteiger partial charge >= 0.3 is 0 Å². The molecule has 0 unspecified atom stereocenters. The molecule has 0 aliphatic rings. The second kappa shape index (κ2) is 8.58. The van der Waals surface area contributed by atoms with Crippen LogP contribution in [0.3, 0.4) is 0 Å². The molecular weight excluding hydrogens is 234 g/mol. The topological polar surface area (TPSA) is 37.4 Å². The van der Waals surface area contributed by atoms with E-state index in [0.717, 1.165) is 43.4 Å². The molecule has 0 amide bonds. The Hall–Kier alpha value is -0.490. The lowest BCUT2D eigenvalue weighted by molar-refractivity contribution is 0.111. The van der Waals surface area contributed by atoms with Crippen LogP contribution in [0.1, 0.15) is 24.0 Å². The van der Waals surface area contributed by atoms with Crippen molar-refractivity contribution in [3.63, 3.8) is 0 Å². The second-order valence-electron chi connectivity index (χ2n) is 4.22. The van der Waals surface area contributed by atoms with Gasteiger partial charge in [0, 0.05) is 18.5 Å². The van der Waals surface area contributed by atoms with Crippen molar-refractivity contribution in [2.75, 3.05) is 33.8 Å². The van der Waals surface area contributed by atoms with Gasteiger partial charge in [-0.25, -0.2) is 4.98 Å². The van der Waals surface area contributed by atoms with Gasteiger partial charge in [0.15, 0.2) is 0 Å². The normalized spacial score (nSPS) is 11.3. The third-order valence-electron chi connectivity index (χ3n) is 2.27. The maximum Gasteiger partial charge on any atom is 0.107 e. The van der Waals surface area contributed by atoms with Gasteiger partial charge in [0.25, 0.3) is 0 Å². The molecule has 1 N–H and O–H groups in total. The van der Waals surface area contributed by atoms with Crippen LogP contribution in [0, 0.1) is 0 Å². The highest BCUT2D eigenvalue weighted by Crippen LogP contribution is 2.10. The first-order valence-corrected chi connectivity index (χ1v) is 6.96. The van der Waals surface area contributed by atoms with E-state index in [1.165, 1.54) is 0 Å². The first kappa shape index (κ1) is 14.6.